The lowest BCUT2D eigenvalue weighted by Gasteiger charge is -2.32. The summed E-state index contributed by atoms with van der Waals surface area (Å²) in [7, 11) is 3.63. The standard InChI is InChI=1S/C37H49N9O4/c1-37(2,3)30-22-31(41-33(40-30)35(47)38-18-19-45(4)20-21-49-5)42-36(48)39-28-15-16-29(27-13-9-8-12-26(27)28)50-25-14-17-32-43-44-34(46(32)23-25)24-10-6-7-11-24/h8-9,12-14,17,22-24,28-29H,6-7,10-11,15-16,18-21H2,1-5H3,(H,38,47)(H2,39,40,41,42,48)/t28-,29+/m0/s1. The van der Waals surface area contributed by atoms with Crippen LogP contribution in [-0.4, -0.2) is 81.8 Å². The highest BCUT2D eigenvalue weighted by molar-refractivity contribution is 5.92. The lowest BCUT2D eigenvalue weighted by molar-refractivity contribution is 0.0936. The van der Waals surface area contributed by atoms with Gasteiger partial charge in [0.1, 0.15) is 23.5 Å². The SMILES string of the molecule is COCCN(C)CCNC(=O)c1nc(NC(=O)N[C@H]2CC[C@@H](Oc3ccc4nnc(C5CCCC5)n4c3)c3ccccc32)cc(C(C)(C)C)n1. The van der Waals surface area contributed by atoms with Crippen LogP contribution in [0.15, 0.2) is 48.7 Å². The fraction of sp³-hybridized carbons (Fsp3) is 0.514. The topological polar surface area (TPSA) is 148 Å². The van der Waals surface area contributed by atoms with Crippen molar-refractivity contribution >= 4 is 23.4 Å². The normalized spacial score (nSPS) is 17.9. The van der Waals surface area contributed by atoms with Gasteiger partial charge in [0.05, 0.1) is 24.5 Å². The minimum atomic E-state index is -0.411. The highest BCUT2D eigenvalue weighted by Gasteiger charge is 2.30. The molecule has 266 valence electrons. The smallest absolute Gasteiger partial charge is 0.320 e. The zero-order valence-corrected chi connectivity index (χ0v) is 29.7. The number of hydrogen-bond donors (Lipinski definition) is 3. The van der Waals surface area contributed by atoms with E-state index in [-0.39, 0.29) is 29.2 Å². The van der Waals surface area contributed by atoms with Gasteiger partial charge < -0.3 is 25.0 Å². The summed E-state index contributed by atoms with van der Waals surface area (Å²) in [5, 5.41) is 17.8. The maximum absolute atomic E-state index is 13.4. The number of anilines is 1. The molecule has 13 nitrogen and oxygen atoms in total. The van der Waals surface area contributed by atoms with Gasteiger partial charge in [0, 0.05) is 44.1 Å². The predicted molar refractivity (Wildman–Crippen MR) is 191 cm³/mol. The Morgan fingerprint density at radius 3 is 2.52 bits per heavy atom. The monoisotopic (exact) mass is 683 g/mol. The number of methoxy groups -OCH3 is 1. The summed E-state index contributed by atoms with van der Waals surface area (Å²) < 4.78 is 13.8. The third-order valence-corrected chi connectivity index (χ3v) is 9.54. The van der Waals surface area contributed by atoms with Crippen molar-refractivity contribution in [1.82, 2.24) is 40.1 Å². The van der Waals surface area contributed by atoms with Gasteiger partial charge in [-0.2, -0.15) is 0 Å². The molecule has 13 heteroatoms. The van der Waals surface area contributed by atoms with Gasteiger partial charge in [-0.3, -0.25) is 14.5 Å². The minimum absolute atomic E-state index is 0.00953. The molecule has 1 aromatic carbocycles. The van der Waals surface area contributed by atoms with E-state index in [2.05, 4.69) is 51.5 Å². The summed E-state index contributed by atoms with van der Waals surface area (Å²) in [6.07, 6.45) is 7.97. The van der Waals surface area contributed by atoms with Crippen molar-refractivity contribution in [3.05, 3.63) is 77.1 Å². The van der Waals surface area contributed by atoms with E-state index in [0.29, 0.717) is 44.1 Å². The number of rotatable bonds is 12. The van der Waals surface area contributed by atoms with Crippen LogP contribution >= 0.6 is 0 Å². The molecule has 6 rings (SSSR count). The van der Waals surface area contributed by atoms with E-state index in [1.807, 2.05) is 64.3 Å². The maximum atomic E-state index is 13.4. The molecule has 0 spiro atoms. The summed E-state index contributed by atoms with van der Waals surface area (Å²) in [5.74, 6) is 2.08. The Morgan fingerprint density at radius 1 is 0.980 bits per heavy atom. The summed E-state index contributed by atoms with van der Waals surface area (Å²) >= 11 is 0. The van der Waals surface area contributed by atoms with Crippen LogP contribution in [0.3, 0.4) is 0 Å². The average molecular weight is 684 g/mol. The second kappa shape index (κ2) is 15.5. The van der Waals surface area contributed by atoms with E-state index >= 15 is 0 Å². The second-order valence-corrected chi connectivity index (χ2v) is 14.4. The lowest BCUT2D eigenvalue weighted by atomic mass is 9.85. The molecule has 0 saturated heterocycles. The number of nitrogens with one attached hydrogen (secondary N) is 3. The van der Waals surface area contributed by atoms with E-state index in [9.17, 15) is 9.59 Å². The molecule has 4 aromatic rings. The van der Waals surface area contributed by atoms with Crippen LogP contribution in [0, 0.1) is 0 Å². The van der Waals surface area contributed by atoms with Gasteiger partial charge in [-0.05, 0) is 56.0 Å². The molecular weight excluding hydrogens is 634 g/mol. The highest BCUT2D eigenvalue weighted by atomic mass is 16.5. The first-order chi connectivity index (χ1) is 24.1. The van der Waals surface area contributed by atoms with Crippen LogP contribution in [0.4, 0.5) is 10.6 Å². The van der Waals surface area contributed by atoms with Gasteiger partial charge in [0.15, 0.2) is 5.65 Å². The van der Waals surface area contributed by atoms with Crippen LogP contribution in [0.2, 0.25) is 0 Å². The van der Waals surface area contributed by atoms with Gasteiger partial charge in [0.2, 0.25) is 5.82 Å². The van der Waals surface area contributed by atoms with Gasteiger partial charge in [-0.25, -0.2) is 14.8 Å². The van der Waals surface area contributed by atoms with Crippen LogP contribution < -0.4 is 20.7 Å². The summed E-state index contributed by atoms with van der Waals surface area (Å²) in [6.45, 7) is 8.45. The number of nitrogens with zero attached hydrogens (tertiary/aromatic N) is 6. The van der Waals surface area contributed by atoms with Crippen molar-refractivity contribution in [2.24, 2.45) is 0 Å². The van der Waals surface area contributed by atoms with Gasteiger partial charge in [-0.1, -0.05) is 57.9 Å². The molecule has 0 bridgehead atoms. The molecule has 50 heavy (non-hydrogen) atoms. The van der Waals surface area contributed by atoms with Crippen molar-refractivity contribution < 1.29 is 19.1 Å². The number of likely N-dealkylation sites (N-methyl/N-ethyl adjacent to an activating group) is 1. The van der Waals surface area contributed by atoms with Crippen LogP contribution in [0.5, 0.6) is 5.75 Å². The van der Waals surface area contributed by atoms with Gasteiger partial charge in [-0.15, -0.1) is 10.2 Å². The Bertz CT molecular complexity index is 1800. The van der Waals surface area contributed by atoms with Crippen molar-refractivity contribution in [2.45, 2.75) is 82.8 Å². The fourth-order valence-electron chi connectivity index (χ4n) is 6.71. The fourth-order valence-corrected chi connectivity index (χ4v) is 6.71. The molecule has 2 atom stereocenters. The van der Waals surface area contributed by atoms with E-state index in [1.54, 1.807) is 13.2 Å². The summed E-state index contributed by atoms with van der Waals surface area (Å²) in [4.78, 5) is 37.5. The average Bonchev–Trinajstić information content (AvgIpc) is 3.78. The molecule has 3 N–H and O–H groups in total. The number of hydrogen-bond acceptors (Lipinski definition) is 9. The first-order valence-corrected chi connectivity index (χ1v) is 17.6. The molecule has 2 aliphatic rings. The molecule has 2 aliphatic carbocycles. The molecule has 1 saturated carbocycles. The Balaban J connectivity index is 1.12. The molecule has 0 aliphatic heterocycles. The Kier molecular flexibility index (Phi) is 10.9. The van der Waals surface area contributed by atoms with E-state index in [1.165, 1.54) is 12.8 Å². The highest BCUT2D eigenvalue weighted by Crippen LogP contribution is 2.39. The zero-order chi connectivity index (χ0) is 35.3. The number of aromatic nitrogens is 5. The summed E-state index contributed by atoms with van der Waals surface area (Å²) in [6, 6.07) is 13.1. The molecule has 3 heterocycles. The maximum Gasteiger partial charge on any atom is 0.320 e. The Labute approximate surface area is 293 Å². The molecule has 1 fully saturated rings. The number of benzene rings is 1. The first kappa shape index (κ1) is 35.2. The number of urea groups is 1. The summed E-state index contributed by atoms with van der Waals surface area (Å²) in [5.41, 5.74) is 3.14. The van der Waals surface area contributed by atoms with Crippen LogP contribution in [-0.2, 0) is 10.2 Å². The Morgan fingerprint density at radius 2 is 1.76 bits per heavy atom. The van der Waals surface area contributed by atoms with Crippen LogP contribution in [0.25, 0.3) is 5.65 Å². The van der Waals surface area contributed by atoms with Gasteiger partial charge >= 0.3 is 6.03 Å². The Hall–Kier alpha value is -4.62. The predicted octanol–water partition coefficient (Wildman–Crippen LogP) is 5.56. The number of carbonyl (C=O) groups is 2. The van der Waals surface area contributed by atoms with E-state index in [4.69, 9.17) is 9.47 Å². The van der Waals surface area contributed by atoms with Gasteiger partial charge in [0.25, 0.3) is 5.91 Å². The third kappa shape index (κ3) is 8.39. The second-order valence-electron chi connectivity index (χ2n) is 14.4. The van der Waals surface area contributed by atoms with E-state index < -0.39 is 11.9 Å². The van der Waals surface area contributed by atoms with Crippen molar-refractivity contribution in [1.29, 1.82) is 0 Å². The van der Waals surface area contributed by atoms with Crippen molar-refractivity contribution in [3.8, 4) is 5.75 Å². The number of ether oxygens (including phenoxy) is 2. The molecule has 0 unspecified atom stereocenters. The number of pyridine rings is 1. The third-order valence-electron chi connectivity index (χ3n) is 9.54. The zero-order valence-electron chi connectivity index (χ0n) is 29.7. The lowest BCUT2D eigenvalue weighted by Crippen LogP contribution is -2.37. The quantitative estimate of drug-likeness (QED) is 0.175. The molecule has 0 radical (unpaired) electrons. The molecule has 3 amide bonds. The number of amides is 3. The van der Waals surface area contributed by atoms with Crippen LogP contribution in [0.1, 0.15) is 111 Å². The number of carbonyl (C=O) groups excluding carboxylic acids is 2. The van der Waals surface area contributed by atoms with Crippen molar-refractivity contribution in [2.75, 3.05) is 45.7 Å². The molecular formula is C37H49N9O4. The minimum Gasteiger partial charge on any atom is -0.484 e. The largest absolute Gasteiger partial charge is 0.484 e. The number of fused-ring (bicyclic) bond motifs is 2. The molecule has 3 aromatic heterocycles. The van der Waals surface area contributed by atoms with Crippen molar-refractivity contribution in [3.63, 3.8) is 0 Å². The van der Waals surface area contributed by atoms with E-state index in [0.717, 1.165) is 47.7 Å². The first-order valence-electron chi connectivity index (χ1n) is 17.6.